The fraction of sp³-hybridized carbons (Fsp3) is 0.381. The van der Waals surface area contributed by atoms with Crippen LogP contribution >= 0.6 is 11.6 Å². The Labute approximate surface area is 182 Å². The minimum Gasteiger partial charge on any atom is -0.378 e. The molecule has 1 aliphatic rings. The van der Waals surface area contributed by atoms with Crippen LogP contribution in [-0.2, 0) is 14.8 Å². The highest BCUT2D eigenvalue weighted by Crippen LogP contribution is 2.24. The van der Waals surface area contributed by atoms with Gasteiger partial charge in [-0.3, -0.25) is 4.79 Å². The van der Waals surface area contributed by atoms with Crippen LogP contribution in [0.25, 0.3) is 0 Å². The van der Waals surface area contributed by atoms with Crippen LogP contribution in [0.4, 0.5) is 5.69 Å². The molecule has 1 amide bonds. The molecule has 9 heteroatoms. The van der Waals surface area contributed by atoms with Gasteiger partial charge in [0.15, 0.2) is 0 Å². The predicted octanol–water partition coefficient (Wildman–Crippen LogP) is 2.92. The van der Waals surface area contributed by atoms with Crippen molar-refractivity contribution >= 4 is 33.2 Å². The molecular weight excluding hydrogens is 426 g/mol. The number of nitrogens with one attached hydrogen (secondary N) is 1. The van der Waals surface area contributed by atoms with Gasteiger partial charge in [0.05, 0.1) is 34.7 Å². The topological polar surface area (TPSA) is 79.0 Å². The zero-order valence-electron chi connectivity index (χ0n) is 17.3. The minimum absolute atomic E-state index is 0.0181. The number of carbonyl (C=O) groups excluding carboxylic acids is 1. The fourth-order valence-corrected chi connectivity index (χ4v) is 4.33. The summed E-state index contributed by atoms with van der Waals surface area (Å²) in [5.41, 5.74) is 2.18. The third-order valence-electron chi connectivity index (χ3n) is 5.08. The third-order valence-corrected chi connectivity index (χ3v) is 7.22. The van der Waals surface area contributed by atoms with Gasteiger partial charge in [-0.1, -0.05) is 23.7 Å². The second-order valence-corrected chi connectivity index (χ2v) is 9.87. The third kappa shape index (κ3) is 4.95. The number of nitrogens with zero attached hydrogens (tertiary/aromatic N) is 2. The van der Waals surface area contributed by atoms with Crippen molar-refractivity contribution in [3.8, 4) is 0 Å². The van der Waals surface area contributed by atoms with Gasteiger partial charge in [0.2, 0.25) is 10.0 Å². The Bertz CT molecular complexity index is 1000. The lowest BCUT2D eigenvalue weighted by Crippen LogP contribution is -2.36. The Kier molecular flexibility index (Phi) is 7.02. The van der Waals surface area contributed by atoms with Crippen LogP contribution in [0.15, 0.2) is 47.4 Å². The molecule has 3 rings (SSSR count). The monoisotopic (exact) mass is 451 g/mol. The van der Waals surface area contributed by atoms with Crippen molar-refractivity contribution in [2.75, 3.05) is 45.3 Å². The first-order valence-electron chi connectivity index (χ1n) is 9.66. The Morgan fingerprint density at radius 2 is 1.77 bits per heavy atom. The van der Waals surface area contributed by atoms with Crippen molar-refractivity contribution in [3.05, 3.63) is 58.6 Å². The number of morpholine rings is 1. The molecule has 0 spiro atoms. The number of hydrogen-bond donors (Lipinski definition) is 1. The SMILES string of the molecule is CC(NC(=O)c1cc(S(=O)(=O)N(C)C)ccc1Cl)c1ccc(N2CCOCC2)cc1. The molecule has 1 aliphatic heterocycles. The molecule has 0 aromatic heterocycles. The summed E-state index contributed by atoms with van der Waals surface area (Å²) >= 11 is 6.17. The summed E-state index contributed by atoms with van der Waals surface area (Å²) in [5.74, 6) is -0.430. The van der Waals surface area contributed by atoms with Crippen LogP contribution in [0.3, 0.4) is 0 Å². The number of benzene rings is 2. The molecule has 162 valence electrons. The first-order chi connectivity index (χ1) is 14.2. The molecular formula is C21H26ClN3O4S. The summed E-state index contributed by atoms with van der Waals surface area (Å²) < 4.78 is 31.2. The van der Waals surface area contributed by atoms with E-state index in [9.17, 15) is 13.2 Å². The van der Waals surface area contributed by atoms with Gasteiger partial charge in [-0.15, -0.1) is 0 Å². The number of halogens is 1. The van der Waals surface area contributed by atoms with Crippen LogP contribution in [0.1, 0.15) is 28.9 Å². The summed E-state index contributed by atoms with van der Waals surface area (Å²) in [4.78, 5) is 15.1. The Balaban J connectivity index is 1.74. The van der Waals surface area contributed by atoms with Gasteiger partial charge in [0.25, 0.3) is 5.91 Å². The summed E-state index contributed by atoms with van der Waals surface area (Å²) in [6.07, 6.45) is 0. The van der Waals surface area contributed by atoms with Crippen LogP contribution in [-0.4, -0.2) is 59.0 Å². The maximum absolute atomic E-state index is 12.8. The highest BCUT2D eigenvalue weighted by Gasteiger charge is 2.22. The molecule has 2 aromatic rings. The van der Waals surface area contributed by atoms with Gasteiger partial charge >= 0.3 is 0 Å². The number of carbonyl (C=O) groups is 1. The average Bonchev–Trinajstić information content (AvgIpc) is 2.74. The normalized spacial score (nSPS) is 15.8. The number of ether oxygens (including phenoxy) is 1. The van der Waals surface area contributed by atoms with E-state index in [4.69, 9.17) is 16.3 Å². The number of hydrogen-bond acceptors (Lipinski definition) is 5. The van der Waals surface area contributed by atoms with Crippen molar-refractivity contribution < 1.29 is 17.9 Å². The van der Waals surface area contributed by atoms with Gasteiger partial charge in [0.1, 0.15) is 0 Å². The van der Waals surface area contributed by atoms with Crippen molar-refractivity contribution in [3.63, 3.8) is 0 Å². The molecule has 1 unspecified atom stereocenters. The summed E-state index contributed by atoms with van der Waals surface area (Å²) in [5, 5.41) is 3.09. The van der Waals surface area contributed by atoms with E-state index < -0.39 is 15.9 Å². The van der Waals surface area contributed by atoms with Crippen LogP contribution in [0.2, 0.25) is 5.02 Å². The van der Waals surface area contributed by atoms with E-state index in [1.165, 1.54) is 32.3 Å². The standard InChI is InChI=1S/C21H26ClN3O4S/c1-15(16-4-6-17(7-5-16)25-10-12-29-13-11-25)23-21(26)19-14-18(8-9-20(19)22)30(27,28)24(2)3/h4-9,14-15H,10-13H2,1-3H3,(H,23,26). The molecule has 0 saturated carbocycles. The van der Waals surface area contributed by atoms with Gasteiger partial charge in [-0.2, -0.15) is 0 Å². The van der Waals surface area contributed by atoms with Crippen molar-refractivity contribution in [2.45, 2.75) is 17.9 Å². The average molecular weight is 452 g/mol. The molecule has 1 fully saturated rings. The maximum Gasteiger partial charge on any atom is 0.253 e. The summed E-state index contributed by atoms with van der Waals surface area (Å²) in [6.45, 7) is 5.03. The minimum atomic E-state index is -3.66. The lowest BCUT2D eigenvalue weighted by Gasteiger charge is -2.29. The predicted molar refractivity (Wildman–Crippen MR) is 118 cm³/mol. The fourth-order valence-electron chi connectivity index (χ4n) is 3.20. The lowest BCUT2D eigenvalue weighted by atomic mass is 10.1. The summed E-state index contributed by atoms with van der Waals surface area (Å²) in [6, 6.07) is 11.9. The summed E-state index contributed by atoms with van der Waals surface area (Å²) in [7, 11) is -0.791. The molecule has 7 nitrogen and oxygen atoms in total. The zero-order chi connectivity index (χ0) is 21.9. The molecule has 30 heavy (non-hydrogen) atoms. The Hall–Kier alpha value is -2.13. The van der Waals surface area contributed by atoms with Gasteiger partial charge in [-0.05, 0) is 42.8 Å². The van der Waals surface area contributed by atoms with E-state index in [2.05, 4.69) is 10.2 Å². The number of amides is 1. The van der Waals surface area contributed by atoms with E-state index in [-0.39, 0.29) is 21.5 Å². The highest BCUT2D eigenvalue weighted by molar-refractivity contribution is 7.89. The van der Waals surface area contributed by atoms with Crippen LogP contribution < -0.4 is 10.2 Å². The number of rotatable bonds is 6. The van der Waals surface area contributed by atoms with Crippen molar-refractivity contribution in [1.82, 2.24) is 9.62 Å². The lowest BCUT2D eigenvalue weighted by molar-refractivity contribution is 0.0939. The molecule has 2 aromatic carbocycles. The maximum atomic E-state index is 12.8. The number of anilines is 1. The van der Waals surface area contributed by atoms with Crippen LogP contribution in [0, 0.1) is 0 Å². The second-order valence-electron chi connectivity index (χ2n) is 7.32. The Morgan fingerprint density at radius 1 is 1.13 bits per heavy atom. The van der Waals surface area contributed by atoms with E-state index in [1.54, 1.807) is 0 Å². The molecule has 0 aliphatic carbocycles. The van der Waals surface area contributed by atoms with E-state index in [0.29, 0.717) is 0 Å². The molecule has 1 atom stereocenters. The van der Waals surface area contributed by atoms with Gasteiger partial charge in [0, 0.05) is 32.9 Å². The molecule has 0 bridgehead atoms. The van der Waals surface area contributed by atoms with Crippen molar-refractivity contribution in [1.29, 1.82) is 0 Å². The molecule has 0 radical (unpaired) electrons. The van der Waals surface area contributed by atoms with Gasteiger partial charge in [-0.25, -0.2) is 12.7 Å². The first kappa shape index (κ1) is 22.6. The van der Waals surface area contributed by atoms with E-state index >= 15 is 0 Å². The molecule has 1 N–H and O–H groups in total. The van der Waals surface area contributed by atoms with E-state index in [1.807, 2.05) is 31.2 Å². The van der Waals surface area contributed by atoms with E-state index in [0.717, 1.165) is 41.9 Å². The largest absolute Gasteiger partial charge is 0.378 e. The Morgan fingerprint density at radius 3 is 2.37 bits per heavy atom. The second kappa shape index (κ2) is 9.34. The van der Waals surface area contributed by atoms with Crippen LogP contribution in [0.5, 0.6) is 0 Å². The van der Waals surface area contributed by atoms with Crippen molar-refractivity contribution in [2.24, 2.45) is 0 Å². The first-order valence-corrected chi connectivity index (χ1v) is 11.5. The van der Waals surface area contributed by atoms with Gasteiger partial charge < -0.3 is 15.0 Å². The molecule has 1 saturated heterocycles. The zero-order valence-corrected chi connectivity index (χ0v) is 18.8. The number of sulfonamides is 1. The highest BCUT2D eigenvalue weighted by atomic mass is 35.5. The molecule has 1 heterocycles. The smallest absolute Gasteiger partial charge is 0.253 e. The quantitative estimate of drug-likeness (QED) is 0.730.